The van der Waals surface area contributed by atoms with Crippen LogP contribution in [0.2, 0.25) is 0 Å². The fraction of sp³-hybridized carbons (Fsp3) is 0.462. The lowest BCUT2D eigenvalue weighted by molar-refractivity contribution is -0.147. The molecule has 0 radical (unpaired) electrons. The molecule has 0 heterocycles. The summed E-state index contributed by atoms with van der Waals surface area (Å²) in [7, 11) is 1.40. The maximum absolute atomic E-state index is 11.9. The first-order chi connectivity index (χ1) is 7.60. The van der Waals surface area contributed by atoms with Crippen LogP contribution in [-0.4, -0.2) is 19.6 Å². The van der Waals surface area contributed by atoms with Crippen molar-refractivity contribution in [3.05, 3.63) is 35.4 Å². The van der Waals surface area contributed by atoms with Crippen molar-refractivity contribution in [2.45, 2.75) is 25.7 Å². The molecule has 0 bridgehead atoms. The molecule has 0 saturated carbocycles. The molecule has 16 heavy (non-hydrogen) atoms. The number of carbonyl (C=O) groups is 1. The monoisotopic (exact) mass is 221 g/mol. The molecule has 1 aromatic rings. The first-order valence-corrected chi connectivity index (χ1v) is 5.46. The molecule has 0 amide bonds. The van der Waals surface area contributed by atoms with Gasteiger partial charge in [0, 0.05) is 6.54 Å². The molecule has 1 aromatic carbocycles. The van der Waals surface area contributed by atoms with Crippen LogP contribution < -0.4 is 5.73 Å². The fourth-order valence-electron chi connectivity index (χ4n) is 1.95. The van der Waals surface area contributed by atoms with E-state index < -0.39 is 5.41 Å². The Morgan fingerprint density at radius 3 is 2.62 bits per heavy atom. The fourth-order valence-corrected chi connectivity index (χ4v) is 1.95. The number of carbonyl (C=O) groups excluding carboxylic acids is 1. The normalized spacial score (nSPS) is 14.2. The maximum Gasteiger partial charge on any atom is 0.317 e. The molecule has 2 N–H and O–H groups in total. The van der Waals surface area contributed by atoms with Gasteiger partial charge in [-0.15, -0.1) is 0 Å². The van der Waals surface area contributed by atoms with Crippen LogP contribution in [0.15, 0.2) is 24.3 Å². The molecule has 1 atom stereocenters. The number of methoxy groups -OCH3 is 1. The first-order valence-electron chi connectivity index (χ1n) is 5.46. The quantitative estimate of drug-likeness (QED) is 0.788. The van der Waals surface area contributed by atoms with Gasteiger partial charge in [-0.25, -0.2) is 0 Å². The lowest BCUT2D eigenvalue weighted by Crippen LogP contribution is -2.43. The van der Waals surface area contributed by atoms with E-state index in [2.05, 4.69) is 0 Å². The third kappa shape index (κ3) is 2.09. The highest BCUT2D eigenvalue weighted by molar-refractivity contribution is 5.83. The maximum atomic E-state index is 11.9. The molecular weight excluding hydrogens is 202 g/mol. The number of ether oxygens (including phenoxy) is 1. The topological polar surface area (TPSA) is 52.3 Å². The van der Waals surface area contributed by atoms with E-state index in [0.717, 1.165) is 11.1 Å². The van der Waals surface area contributed by atoms with E-state index >= 15 is 0 Å². The van der Waals surface area contributed by atoms with Gasteiger partial charge in [0.05, 0.1) is 7.11 Å². The number of benzene rings is 1. The Morgan fingerprint density at radius 1 is 1.50 bits per heavy atom. The summed E-state index contributed by atoms with van der Waals surface area (Å²) in [5.41, 5.74) is 7.12. The molecule has 0 aromatic heterocycles. The molecular formula is C13H19NO2. The molecule has 0 aliphatic rings. The van der Waals surface area contributed by atoms with Crippen molar-refractivity contribution in [1.29, 1.82) is 0 Å². The number of rotatable bonds is 4. The lowest BCUT2D eigenvalue weighted by atomic mass is 9.77. The summed E-state index contributed by atoms with van der Waals surface area (Å²) in [6, 6.07) is 7.86. The van der Waals surface area contributed by atoms with Crippen LogP contribution in [-0.2, 0) is 14.9 Å². The van der Waals surface area contributed by atoms with E-state index in [4.69, 9.17) is 10.5 Å². The van der Waals surface area contributed by atoms with E-state index in [1.165, 1.54) is 7.11 Å². The summed E-state index contributed by atoms with van der Waals surface area (Å²) in [5, 5.41) is 0. The zero-order valence-electron chi connectivity index (χ0n) is 10.1. The second-order valence-electron chi connectivity index (χ2n) is 4.00. The Balaban J connectivity index is 3.25. The molecule has 3 heteroatoms. The third-order valence-electron chi connectivity index (χ3n) is 3.10. The summed E-state index contributed by atoms with van der Waals surface area (Å²) < 4.78 is 4.87. The molecule has 3 nitrogen and oxygen atoms in total. The Kier molecular flexibility index (Phi) is 4.07. The van der Waals surface area contributed by atoms with Gasteiger partial charge in [-0.3, -0.25) is 4.79 Å². The Bertz CT molecular complexity index is 370. The first kappa shape index (κ1) is 12.7. The van der Waals surface area contributed by atoms with Gasteiger partial charge >= 0.3 is 5.97 Å². The Morgan fingerprint density at radius 2 is 2.19 bits per heavy atom. The van der Waals surface area contributed by atoms with E-state index in [-0.39, 0.29) is 12.5 Å². The van der Waals surface area contributed by atoms with E-state index in [9.17, 15) is 4.79 Å². The summed E-state index contributed by atoms with van der Waals surface area (Å²) >= 11 is 0. The minimum Gasteiger partial charge on any atom is -0.468 e. The highest BCUT2D eigenvalue weighted by Crippen LogP contribution is 2.29. The van der Waals surface area contributed by atoms with Crippen LogP contribution in [0.5, 0.6) is 0 Å². The second kappa shape index (κ2) is 5.12. The summed E-state index contributed by atoms with van der Waals surface area (Å²) in [6.07, 6.45) is 0.639. The van der Waals surface area contributed by atoms with Crippen molar-refractivity contribution in [1.82, 2.24) is 0 Å². The van der Waals surface area contributed by atoms with Gasteiger partial charge in [0.25, 0.3) is 0 Å². The van der Waals surface area contributed by atoms with Crippen molar-refractivity contribution < 1.29 is 9.53 Å². The average Bonchev–Trinajstić information content (AvgIpc) is 2.31. The minimum atomic E-state index is -0.708. The summed E-state index contributed by atoms with van der Waals surface area (Å²) in [4.78, 5) is 11.9. The average molecular weight is 221 g/mol. The standard InChI is InChI=1S/C13H19NO2/c1-4-13(9-14,12(15)16-3)11-7-5-6-10(2)8-11/h5-8H,4,9,14H2,1-3H3. The van der Waals surface area contributed by atoms with E-state index in [1.807, 2.05) is 38.1 Å². The lowest BCUT2D eigenvalue weighted by Gasteiger charge is -2.29. The number of aryl methyl sites for hydroxylation is 1. The van der Waals surface area contributed by atoms with Crippen LogP contribution in [0.1, 0.15) is 24.5 Å². The van der Waals surface area contributed by atoms with Crippen LogP contribution in [0, 0.1) is 6.92 Å². The molecule has 0 aliphatic heterocycles. The van der Waals surface area contributed by atoms with Gasteiger partial charge in [-0.05, 0) is 18.9 Å². The van der Waals surface area contributed by atoms with Crippen molar-refractivity contribution in [3.63, 3.8) is 0 Å². The zero-order valence-corrected chi connectivity index (χ0v) is 10.1. The van der Waals surface area contributed by atoms with Gasteiger partial charge in [-0.2, -0.15) is 0 Å². The van der Waals surface area contributed by atoms with Crippen LogP contribution in [0.3, 0.4) is 0 Å². The van der Waals surface area contributed by atoms with Gasteiger partial charge in [0.2, 0.25) is 0 Å². The van der Waals surface area contributed by atoms with Gasteiger partial charge in [-0.1, -0.05) is 36.8 Å². The highest BCUT2D eigenvalue weighted by atomic mass is 16.5. The molecule has 1 rings (SSSR count). The van der Waals surface area contributed by atoms with Gasteiger partial charge < -0.3 is 10.5 Å². The molecule has 0 aliphatic carbocycles. The van der Waals surface area contributed by atoms with Crippen molar-refractivity contribution >= 4 is 5.97 Å². The largest absolute Gasteiger partial charge is 0.468 e. The third-order valence-corrected chi connectivity index (χ3v) is 3.10. The smallest absolute Gasteiger partial charge is 0.317 e. The number of esters is 1. The molecule has 0 saturated heterocycles. The number of nitrogens with two attached hydrogens (primary N) is 1. The Labute approximate surface area is 96.6 Å². The van der Waals surface area contributed by atoms with Crippen molar-refractivity contribution in [3.8, 4) is 0 Å². The van der Waals surface area contributed by atoms with E-state index in [0.29, 0.717) is 6.42 Å². The predicted molar refractivity (Wildman–Crippen MR) is 64.2 cm³/mol. The second-order valence-corrected chi connectivity index (χ2v) is 4.00. The predicted octanol–water partition coefficient (Wildman–Crippen LogP) is 1.77. The Hall–Kier alpha value is -1.35. The summed E-state index contributed by atoms with van der Waals surface area (Å²) in [6.45, 7) is 4.21. The molecule has 1 unspecified atom stereocenters. The highest BCUT2D eigenvalue weighted by Gasteiger charge is 2.38. The molecule has 88 valence electrons. The van der Waals surface area contributed by atoms with Crippen molar-refractivity contribution in [2.75, 3.05) is 13.7 Å². The van der Waals surface area contributed by atoms with Gasteiger partial charge in [0.15, 0.2) is 0 Å². The summed E-state index contributed by atoms with van der Waals surface area (Å²) in [5.74, 6) is -0.261. The zero-order chi connectivity index (χ0) is 12.2. The van der Waals surface area contributed by atoms with Crippen LogP contribution in [0.4, 0.5) is 0 Å². The van der Waals surface area contributed by atoms with Crippen molar-refractivity contribution in [2.24, 2.45) is 5.73 Å². The van der Waals surface area contributed by atoms with Gasteiger partial charge in [0.1, 0.15) is 5.41 Å². The van der Waals surface area contributed by atoms with Crippen LogP contribution >= 0.6 is 0 Å². The number of hydrogen-bond donors (Lipinski definition) is 1. The number of hydrogen-bond acceptors (Lipinski definition) is 3. The minimum absolute atomic E-state index is 0.261. The SMILES string of the molecule is CCC(CN)(C(=O)OC)c1cccc(C)c1. The van der Waals surface area contributed by atoms with Crippen LogP contribution in [0.25, 0.3) is 0 Å². The van der Waals surface area contributed by atoms with E-state index in [1.54, 1.807) is 0 Å². The molecule has 0 spiro atoms. The molecule has 0 fully saturated rings.